The molecule has 1 fully saturated rings. The Labute approximate surface area is 122 Å². The molecule has 0 spiro atoms. The van der Waals surface area contributed by atoms with Crippen LogP contribution in [-0.4, -0.2) is 30.6 Å². The van der Waals surface area contributed by atoms with Crippen LogP contribution in [0, 0.1) is 11.2 Å². The summed E-state index contributed by atoms with van der Waals surface area (Å²) in [5.74, 6) is -1.80. The standard InChI is InChI=1S/C15H18FNO4/c1-21-12-4-3-10(7-11(12)16)14(20)17-9-15(5-2-6-15)8-13(18)19/h3-4,7H,2,5-6,8-9H2,1H3,(H,17,20)(H,18,19). The lowest BCUT2D eigenvalue weighted by Gasteiger charge is -2.40. The van der Waals surface area contributed by atoms with E-state index in [1.165, 1.54) is 19.2 Å². The van der Waals surface area contributed by atoms with Gasteiger partial charge in [0.2, 0.25) is 0 Å². The van der Waals surface area contributed by atoms with Gasteiger partial charge in [0, 0.05) is 12.1 Å². The molecular formula is C15H18FNO4. The molecular weight excluding hydrogens is 277 g/mol. The number of rotatable bonds is 6. The lowest BCUT2D eigenvalue weighted by atomic mass is 9.66. The third-order valence-electron chi connectivity index (χ3n) is 3.98. The molecule has 0 bridgehead atoms. The van der Waals surface area contributed by atoms with Crippen molar-refractivity contribution in [1.29, 1.82) is 0 Å². The maximum absolute atomic E-state index is 13.6. The van der Waals surface area contributed by atoms with Crippen molar-refractivity contribution < 1.29 is 23.8 Å². The summed E-state index contributed by atoms with van der Waals surface area (Å²) in [6.07, 6.45) is 2.59. The van der Waals surface area contributed by atoms with Crippen LogP contribution in [-0.2, 0) is 4.79 Å². The molecule has 114 valence electrons. The van der Waals surface area contributed by atoms with E-state index in [9.17, 15) is 14.0 Å². The van der Waals surface area contributed by atoms with Gasteiger partial charge in [-0.25, -0.2) is 4.39 Å². The van der Waals surface area contributed by atoms with Crippen LogP contribution in [0.15, 0.2) is 18.2 Å². The molecule has 0 radical (unpaired) electrons. The first-order valence-electron chi connectivity index (χ1n) is 6.79. The summed E-state index contributed by atoms with van der Waals surface area (Å²) in [6, 6.07) is 3.97. The van der Waals surface area contributed by atoms with Gasteiger partial charge in [-0.2, -0.15) is 0 Å². The van der Waals surface area contributed by atoms with Crippen molar-refractivity contribution in [3.05, 3.63) is 29.6 Å². The first-order chi connectivity index (χ1) is 9.96. The minimum Gasteiger partial charge on any atom is -0.494 e. The number of methoxy groups -OCH3 is 1. The summed E-state index contributed by atoms with van der Waals surface area (Å²) < 4.78 is 18.3. The number of benzene rings is 1. The number of carbonyl (C=O) groups is 2. The Bertz CT molecular complexity index is 555. The molecule has 0 aromatic heterocycles. The van der Waals surface area contributed by atoms with Crippen molar-refractivity contribution in [3.63, 3.8) is 0 Å². The van der Waals surface area contributed by atoms with Gasteiger partial charge in [-0.3, -0.25) is 9.59 Å². The van der Waals surface area contributed by atoms with Crippen LogP contribution in [0.25, 0.3) is 0 Å². The molecule has 21 heavy (non-hydrogen) atoms. The van der Waals surface area contributed by atoms with Gasteiger partial charge >= 0.3 is 5.97 Å². The molecule has 5 nitrogen and oxygen atoms in total. The maximum Gasteiger partial charge on any atom is 0.303 e. The highest BCUT2D eigenvalue weighted by molar-refractivity contribution is 5.94. The molecule has 1 aromatic rings. The number of carboxylic acid groups (broad SMARTS) is 1. The Morgan fingerprint density at radius 2 is 2.14 bits per heavy atom. The van der Waals surface area contributed by atoms with E-state index >= 15 is 0 Å². The highest BCUT2D eigenvalue weighted by Crippen LogP contribution is 2.43. The van der Waals surface area contributed by atoms with E-state index in [1.54, 1.807) is 0 Å². The molecule has 0 unspecified atom stereocenters. The van der Waals surface area contributed by atoms with Crippen LogP contribution in [0.1, 0.15) is 36.0 Å². The molecule has 0 atom stereocenters. The molecule has 1 aromatic carbocycles. The largest absolute Gasteiger partial charge is 0.494 e. The number of halogens is 1. The van der Waals surface area contributed by atoms with Gasteiger partial charge in [-0.15, -0.1) is 0 Å². The zero-order valence-electron chi connectivity index (χ0n) is 11.8. The van der Waals surface area contributed by atoms with Gasteiger partial charge < -0.3 is 15.2 Å². The molecule has 6 heteroatoms. The Morgan fingerprint density at radius 3 is 2.62 bits per heavy atom. The minimum absolute atomic E-state index is 0.0459. The normalized spacial score (nSPS) is 15.9. The highest BCUT2D eigenvalue weighted by atomic mass is 19.1. The third-order valence-corrected chi connectivity index (χ3v) is 3.98. The predicted octanol–water partition coefficient (Wildman–Crippen LogP) is 2.21. The smallest absolute Gasteiger partial charge is 0.303 e. The summed E-state index contributed by atoms with van der Waals surface area (Å²) in [5, 5.41) is 11.6. The van der Waals surface area contributed by atoms with Crippen molar-refractivity contribution in [3.8, 4) is 5.75 Å². The van der Waals surface area contributed by atoms with Crippen molar-refractivity contribution in [1.82, 2.24) is 5.32 Å². The molecule has 1 aliphatic rings. The molecule has 2 N–H and O–H groups in total. The third kappa shape index (κ3) is 3.51. The second kappa shape index (κ2) is 6.11. The zero-order valence-corrected chi connectivity index (χ0v) is 11.8. The number of nitrogens with one attached hydrogen (secondary N) is 1. The monoisotopic (exact) mass is 295 g/mol. The van der Waals surface area contributed by atoms with Crippen LogP contribution >= 0.6 is 0 Å². The molecule has 2 rings (SSSR count). The van der Waals surface area contributed by atoms with Gasteiger partial charge in [-0.1, -0.05) is 6.42 Å². The molecule has 1 amide bonds. The molecule has 0 heterocycles. The van der Waals surface area contributed by atoms with Crippen molar-refractivity contribution >= 4 is 11.9 Å². The fourth-order valence-electron chi connectivity index (χ4n) is 2.59. The number of carboxylic acids is 1. The van der Waals surface area contributed by atoms with Crippen LogP contribution < -0.4 is 10.1 Å². The van der Waals surface area contributed by atoms with Crippen LogP contribution in [0.3, 0.4) is 0 Å². The lowest BCUT2D eigenvalue weighted by Crippen LogP contribution is -2.43. The van der Waals surface area contributed by atoms with E-state index in [0.29, 0.717) is 6.54 Å². The minimum atomic E-state index is -0.862. The second-order valence-corrected chi connectivity index (χ2v) is 5.46. The molecule has 0 aliphatic heterocycles. The van der Waals surface area contributed by atoms with Gasteiger partial charge in [0.25, 0.3) is 5.91 Å². The van der Waals surface area contributed by atoms with Crippen LogP contribution in [0.4, 0.5) is 4.39 Å². The van der Waals surface area contributed by atoms with Gasteiger partial charge in [-0.05, 0) is 36.5 Å². The number of hydrogen-bond donors (Lipinski definition) is 2. The average molecular weight is 295 g/mol. The van der Waals surface area contributed by atoms with Gasteiger partial charge in [0.1, 0.15) is 0 Å². The Balaban J connectivity index is 1.98. The summed E-state index contributed by atoms with van der Waals surface area (Å²) in [4.78, 5) is 22.9. The van der Waals surface area contributed by atoms with Crippen molar-refractivity contribution in [2.45, 2.75) is 25.7 Å². The summed E-state index contributed by atoms with van der Waals surface area (Å²) in [7, 11) is 1.35. The Hall–Kier alpha value is -2.11. The fraction of sp³-hybridized carbons (Fsp3) is 0.467. The highest BCUT2D eigenvalue weighted by Gasteiger charge is 2.39. The number of hydrogen-bond acceptors (Lipinski definition) is 3. The topological polar surface area (TPSA) is 75.6 Å². The van der Waals surface area contributed by atoms with Crippen molar-refractivity contribution in [2.75, 3.05) is 13.7 Å². The lowest BCUT2D eigenvalue weighted by molar-refractivity contribution is -0.141. The SMILES string of the molecule is COc1ccc(C(=O)NCC2(CC(=O)O)CCC2)cc1F. The number of amides is 1. The van der Waals surface area contributed by atoms with Crippen LogP contribution in [0.2, 0.25) is 0 Å². The number of carbonyl (C=O) groups excluding carboxylic acids is 1. The second-order valence-electron chi connectivity index (χ2n) is 5.46. The predicted molar refractivity (Wildman–Crippen MR) is 73.8 cm³/mol. The van der Waals surface area contributed by atoms with E-state index in [0.717, 1.165) is 25.3 Å². The first kappa shape index (κ1) is 15.3. The van der Waals surface area contributed by atoms with E-state index < -0.39 is 17.7 Å². The molecule has 1 aliphatic carbocycles. The average Bonchev–Trinajstić information content (AvgIpc) is 2.40. The maximum atomic E-state index is 13.6. The van der Waals surface area contributed by atoms with E-state index in [-0.39, 0.29) is 23.1 Å². The number of ether oxygens (including phenoxy) is 1. The molecule has 0 saturated heterocycles. The van der Waals surface area contributed by atoms with Crippen molar-refractivity contribution in [2.24, 2.45) is 5.41 Å². The summed E-state index contributed by atoms with van der Waals surface area (Å²) in [5.41, 5.74) is -0.162. The Kier molecular flexibility index (Phi) is 4.45. The van der Waals surface area contributed by atoms with E-state index in [2.05, 4.69) is 5.32 Å². The van der Waals surface area contributed by atoms with E-state index in [4.69, 9.17) is 9.84 Å². The zero-order chi connectivity index (χ0) is 15.5. The number of aliphatic carboxylic acids is 1. The van der Waals surface area contributed by atoms with E-state index in [1.807, 2.05) is 0 Å². The van der Waals surface area contributed by atoms with Gasteiger partial charge in [0.05, 0.1) is 13.5 Å². The quantitative estimate of drug-likeness (QED) is 0.843. The fourth-order valence-corrected chi connectivity index (χ4v) is 2.59. The molecule has 1 saturated carbocycles. The summed E-state index contributed by atoms with van der Waals surface area (Å²) >= 11 is 0. The van der Waals surface area contributed by atoms with Crippen LogP contribution in [0.5, 0.6) is 5.75 Å². The van der Waals surface area contributed by atoms with Gasteiger partial charge in [0.15, 0.2) is 11.6 Å². The summed E-state index contributed by atoms with van der Waals surface area (Å²) in [6.45, 7) is 0.297. The first-order valence-corrected chi connectivity index (χ1v) is 6.79. The Morgan fingerprint density at radius 1 is 1.43 bits per heavy atom.